The number of rotatable bonds is 4. The van der Waals surface area contributed by atoms with Gasteiger partial charge in [0.25, 0.3) is 0 Å². The van der Waals surface area contributed by atoms with E-state index in [0.29, 0.717) is 12.5 Å². The van der Waals surface area contributed by atoms with Gasteiger partial charge in [0.05, 0.1) is 6.54 Å². The van der Waals surface area contributed by atoms with Crippen LogP contribution in [0.4, 0.5) is 5.69 Å². The van der Waals surface area contributed by atoms with Crippen LogP contribution in [0.1, 0.15) is 30.5 Å². The number of fused-ring (bicyclic) bond motifs is 1. The van der Waals surface area contributed by atoms with Crippen molar-refractivity contribution in [3.63, 3.8) is 0 Å². The van der Waals surface area contributed by atoms with E-state index in [0.717, 1.165) is 22.7 Å². The number of guanidine groups is 1. The minimum absolute atomic E-state index is 0.170. The van der Waals surface area contributed by atoms with E-state index in [-0.39, 0.29) is 12.2 Å². The lowest BCUT2D eigenvalue weighted by Crippen LogP contribution is -2.27. The molecule has 1 aliphatic heterocycles. The van der Waals surface area contributed by atoms with Gasteiger partial charge in [-0.1, -0.05) is 26.0 Å². The molecule has 0 bridgehead atoms. The topological polar surface area (TPSA) is 68.9 Å². The van der Waals surface area contributed by atoms with E-state index in [1.807, 2.05) is 18.2 Å². The van der Waals surface area contributed by atoms with Gasteiger partial charge in [0.2, 0.25) is 6.79 Å². The first-order chi connectivity index (χ1) is 11.8. The number of hydrogen-bond donors (Lipinski definition) is 2. The van der Waals surface area contributed by atoms with E-state index in [2.05, 4.69) is 56.2 Å². The van der Waals surface area contributed by atoms with Crippen molar-refractivity contribution >= 4 is 11.6 Å². The number of benzene rings is 2. The fraction of sp³-hybridized carbons (Fsp3) is 0.350. The van der Waals surface area contributed by atoms with E-state index in [1.165, 1.54) is 11.1 Å². The molecule has 0 saturated heterocycles. The average molecular weight is 339 g/mol. The number of nitrogens with two attached hydrogens (primary N) is 1. The molecule has 2 aromatic rings. The average Bonchev–Trinajstić information content (AvgIpc) is 3.04. The summed E-state index contributed by atoms with van der Waals surface area (Å²) >= 11 is 0. The predicted octanol–water partition coefficient (Wildman–Crippen LogP) is 3.74. The number of ether oxygens (including phenoxy) is 2. The van der Waals surface area contributed by atoms with Crippen LogP contribution in [0.25, 0.3) is 0 Å². The Bertz CT molecular complexity index is 813. The quantitative estimate of drug-likeness (QED) is 0.658. The molecule has 3 rings (SSSR count). The van der Waals surface area contributed by atoms with Crippen molar-refractivity contribution in [2.45, 2.75) is 33.1 Å². The second-order valence-electron chi connectivity index (χ2n) is 7.08. The highest BCUT2D eigenvalue weighted by Gasteiger charge is 2.24. The maximum absolute atomic E-state index is 6.06. The van der Waals surface area contributed by atoms with Gasteiger partial charge in [-0.3, -0.25) is 4.99 Å². The molecule has 0 aliphatic carbocycles. The minimum Gasteiger partial charge on any atom is -0.454 e. The van der Waals surface area contributed by atoms with E-state index in [1.54, 1.807) is 0 Å². The van der Waals surface area contributed by atoms with Crippen molar-refractivity contribution in [1.82, 2.24) is 0 Å². The zero-order chi connectivity index (χ0) is 18.0. The Balaban J connectivity index is 1.69. The Hall–Kier alpha value is -2.69. The van der Waals surface area contributed by atoms with Crippen molar-refractivity contribution in [2.75, 3.05) is 18.7 Å². The van der Waals surface area contributed by atoms with Crippen LogP contribution in [-0.4, -0.2) is 19.3 Å². The van der Waals surface area contributed by atoms with Crippen LogP contribution in [0, 0.1) is 13.8 Å². The lowest BCUT2D eigenvalue weighted by atomic mass is 9.84. The third-order valence-electron chi connectivity index (χ3n) is 4.58. The fourth-order valence-corrected chi connectivity index (χ4v) is 2.70. The van der Waals surface area contributed by atoms with Crippen LogP contribution in [-0.2, 0) is 5.41 Å². The van der Waals surface area contributed by atoms with Crippen molar-refractivity contribution in [3.05, 3.63) is 53.1 Å². The summed E-state index contributed by atoms with van der Waals surface area (Å²) in [4.78, 5) is 4.52. The molecular formula is C20H25N3O2. The molecule has 25 heavy (non-hydrogen) atoms. The van der Waals surface area contributed by atoms with E-state index >= 15 is 0 Å². The molecule has 1 heterocycles. The summed E-state index contributed by atoms with van der Waals surface area (Å²) in [6.45, 7) is 9.29. The number of hydrogen-bond acceptors (Lipinski definition) is 3. The van der Waals surface area contributed by atoms with Crippen LogP contribution in [0.2, 0.25) is 0 Å². The molecule has 0 radical (unpaired) electrons. The van der Waals surface area contributed by atoms with Gasteiger partial charge in [0, 0.05) is 11.1 Å². The summed E-state index contributed by atoms with van der Waals surface area (Å²) in [5.74, 6) is 1.99. The maximum atomic E-state index is 6.06. The van der Waals surface area contributed by atoms with Gasteiger partial charge in [0.15, 0.2) is 17.5 Å². The van der Waals surface area contributed by atoms with E-state index in [9.17, 15) is 0 Å². The lowest BCUT2D eigenvalue weighted by Gasteiger charge is -2.23. The molecule has 5 heteroatoms. The Morgan fingerprint density at radius 1 is 1.08 bits per heavy atom. The lowest BCUT2D eigenvalue weighted by molar-refractivity contribution is 0.174. The van der Waals surface area contributed by atoms with Crippen LogP contribution < -0.4 is 20.5 Å². The highest BCUT2D eigenvalue weighted by Crippen LogP contribution is 2.36. The molecule has 132 valence electrons. The molecule has 0 atom stereocenters. The van der Waals surface area contributed by atoms with Crippen molar-refractivity contribution < 1.29 is 9.47 Å². The van der Waals surface area contributed by atoms with Crippen LogP contribution in [0.15, 0.2) is 41.4 Å². The van der Waals surface area contributed by atoms with Gasteiger partial charge >= 0.3 is 0 Å². The summed E-state index contributed by atoms with van der Waals surface area (Å²) in [5.41, 5.74) is 10.5. The maximum Gasteiger partial charge on any atom is 0.231 e. The fourth-order valence-electron chi connectivity index (χ4n) is 2.70. The van der Waals surface area contributed by atoms with Crippen LogP contribution >= 0.6 is 0 Å². The first-order valence-corrected chi connectivity index (χ1v) is 8.39. The van der Waals surface area contributed by atoms with E-state index < -0.39 is 0 Å². The van der Waals surface area contributed by atoms with Gasteiger partial charge in [-0.25, -0.2) is 0 Å². The third kappa shape index (κ3) is 3.87. The summed E-state index contributed by atoms with van der Waals surface area (Å²) in [6.07, 6.45) is 0. The molecule has 0 fully saturated rings. The highest BCUT2D eigenvalue weighted by molar-refractivity contribution is 5.92. The van der Waals surface area contributed by atoms with Gasteiger partial charge in [0.1, 0.15) is 0 Å². The Morgan fingerprint density at radius 2 is 1.84 bits per heavy atom. The number of aliphatic imine (C=N–C) groups is 1. The van der Waals surface area contributed by atoms with Crippen LogP contribution in [0.3, 0.4) is 0 Å². The number of anilines is 1. The molecule has 3 N–H and O–H groups in total. The van der Waals surface area contributed by atoms with Gasteiger partial charge in [-0.05, 0) is 54.8 Å². The van der Waals surface area contributed by atoms with Crippen molar-refractivity contribution in [1.29, 1.82) is 0 Å². The summed E-state index contributed by atoms with van der Waals surface area (Å²) in [6, 6.07) is 12.2. The minimum atomic E-state index is -0.170. The first kappa shape index (κ1) is 17.1. The molecule has 0 aromatic heterocycles. The predicted molar refractivity (Wildman–Crippen MR) is 102 cm³/mol. The second kappa shape index (κ2) is 6.67. The molecule has 0 saturated carbocycles. The zero-order valence-electron chi connectivity index (χ0n) is 15.2. The monoisotopic (exact) mass is 339 g/mol. The molecule has 1 aliphatic rings. The number of aryl methyl sites for hydroxylation is 2. The van der Waals surface area contributed by atoms with Crippen molar-refractivity contribution in [2.24, 2.45) is 10.7 Å². The van der Waals surface area contributed by atoms with Gasteiger partial charge in [-0.2, -0.15) is 0 Å². The standard InChI is InChI=1S/C20H25N3O2/c1-13-5-7-16(9-14(13)2)23-19(21)22-11-20(3,4)15-6-8-17-18(10-15)25-12-24-17/h5-10H,11-12H2,1-4H3,(H3,21,22,23). The largest absolute Gasteiger partial charge is 0.454 e. The molecule has 0 amide bonds. The smallest absolute Gasteiger partial charge is 0.231 e. The first-order valence-electron chi connectivity index (χ1n) is 8.39. The third-order valence-corrected chi connectivity index (χ3v) is 4.58. The summed E-state index contributed by atoms with van der Waals surface area (Å²) in [7, 11) is 0. The Labute approximate surface area is 148 Å². The Morgan fingerprint density at radius 3 is 2.60 bits per heavy atom. The Kier molecular flexibility index (Phi) is 4.57. The van der Waals surface area contributed by atoms with Crippen LogP contribution in [0.5, 0.6) is 11.5 Å². The zero-order valence-corrected chi connectivity index (χ0v) is 15.2. The normalized spacial score (nSPS) is 13.8. The SMILES string of the molecule is Cc1ccc(NC(N)=NCC(C)(C)c2ccc3c(c2)OCO3)cc1C. The van der Waals surface area contributed by atoms with Gasteiger partial charge in [-0.15, -0.1) is 0 Å². The second-order valence-corrected chi connectivity index (χ2v) is 7.08. The summed E-state index contributed by atoms with van der Waals surface area (Å²) < 4.78 is 10.8. The highest BCUT2D eigenvalue weighted by atomic mass is 16.7. The molecule has 0 spiro atoms. The molecule has 2 aromatic carbocycles. The van der Waals surface area contributed by atoms with Gasteiger partial charge < -0.3 is 20.5 Å². The van der Waals surface area contributed by atoms with Crippen molar-refractivity contribution in [3.8, 4) is 11.5 Å². The number of nitrogens with zero attached hydrogens (tertiary/aromatic N) is 1. The molecular weight excluding hydrogens is 314 g/mol. The summed E-state index contributed by atoms with van der Waals surface area (Å²) in [5, 5.41) is 3.16. The molecule has 0 unspecified atom stereocenters. The molecule has 5 nitrogen and oxygen atoms in total. The number of nitrogens with one attached hydrogen (secondary N) is 1. The van der Waals surface area contributed by atoms with E-state index in [4.69, 9.17) is 15.2 Å².